The number of alkyl halides is 1. The summed E-state index contributed by atoms with van der Waals surface area (Å²) in [6.07, 6.45) is 5.87. The standard InChI is InChI=1S/C13H22ClNO/c1-10-4-2-6-12(10)13(16)15-7-3-5-11(8-14)9-15/h10-12H,2-9H2,1H3. The Labute approximate surface area is 103 Å². The summed E-state index contributed by atoms with van der Waals surface area (Å²) in [5.74, 6) is 2.51. The van der Waals surface area contributed by atoms with Gasteiger partial charge in [-0.2, -0.15) is 0 Å². The predicted octanol–water partition coefficient (Wildman–Crippen LogP) is 2.90. The lowest BCUT2D eigenvalue weighted by Gasteiger charge is -2.34. The van der Waals surface area contributed by atoms with Gasteiger partial charge < -0.3 is 4.90 Å². The molecule has 0 bridgehead atoms. The van der Waals surface area contributed by atoms with Crippen molar-refractivity contribution in [1.29, 1.82) is 0 Å². The molecule has 0 aromatic rings. The lowest BCUT2D eigenvalue weighted by atomic mass is 9.93. The maximum atomic E-state index is 12.4. The van der Waals surface area contributed by atoms with Crippen LogP contribution in [0.15, 0.2) is 0 Å². The number of nitrogens with zero attached hydrogens (tertiary/aromatic N) is 1. The average molecular weight is 244 g/mol. The van der Waals surface area contributed by atoms with Crippen LogP contribution in [0.3, 0.4) is 0 Å². The predicted molar refractivity (Wildman–Crippen MR) is 66.5 cm³/mol. The van der Waals surface area contributed by atoms with Gasteiger partial charge in [0.05, 0.1) is 0 Å². The van der Waals surface area contributed by atoms with E-state index in [0.717, 1.165) is 25.9 Å². The van der Waals surface area contributed by atoms with Crippen molar-refractivity contribution in [2.75, 3.05) is 19.0 Å². The van der Waals surface area contributed by atoms with E-state index in [-0.39, 0.29) is 0 Å². The highest BCUT2D eigenvalue weighted by Gasteiger charge is 2.34. The second-order valence-electron chi connectivity index (χ2n) is 5.46. The van der Waals surface area contributed by atoms with Crippen molar-refractivity contribution >= 4 is 17.5 Å². The van der Waals surface area contributed by atoms with Crippen LogP contribution < -0.4 is 0 Å². The highest BCUT2D eigenvalue weighted by molar-refractivity contribution is 6.18. The van der Waals surface area contributed by atoms with E-state index in [9.17, 15) is 4.79 Å². The first-order valence-electron chi connectivity index (χ1n) is 6.57. The molecular weight excluding hydrogens is 222 g/mol. The number of carbonyl (C=O) groups excluding carboxylic acids is 1. The third kappa shape index (κ3) is 2.53. The summed E-state index contributed by atoms with van der Waals surface area (Å²) in [6.45, 7) is 4.07. The molecule has 2 rings (SSSR count). The van der Waals surface area contributed by atoms with Gasteiger partial charge in [-0.1, -0.05) is 13.3 Å². The summed E-state index contributed by atoms with van der Waals surface area (Å²) in [6, 6.07) is 0. The monoisotopic (exact) mass is 243 g/mol. The largest absolute Gasteiger partial charge is 0.342 e. The number of likely N-dealkylation sites (tertiary alicyclic amines) is 1. The van der Waals surface area contributed by atoms with Crippen LogP contribution >= 0.6 is 11.6 Å². The van der Waals surface area contributed by atoms with Crippen LogP contribution in [0.2, 0.25) is 0 Å². The molecule has 1 saturated heterocycles. The van der Waals surface area contributed by atoms with Crippen LogP contribution in [0.25, 0.3) is 0 Å². The van der Waals surface area contributed by atoms with Gasteiger partial charge in [-0.3, -0.25) is 4.79 Å². The number of hydrogen-bond donors (Lipinski definition) is 0. The molecule has 3 heteroatoms. The zero-order chi connectivity index (χ0) is 11.5. The second-order valence-corrected chi connectivity index (χ2v) is 5.77. The minimum atomic E-state index is 0.300. The van der Waals surface area contributed by atoms with Crippen LogP contribution in [0.4, 0.5) is 0 Å². The SMILES string of the molecule is CC1CCCC1C(=O)N1CCCC(CCl)C1. The van der Waals surface area contributed by atoms with Crippen LogP contribution in [0.5, 0.6) is 0 Å². The van der Waals surface area contributed by atoms with Crippen molar-refractivity contribution in [3.8, 4) is 0 Å². The molecule has 2 aliphatic rings. The fourth-order valence-corrected chi connectivity index (χ4v) is 3.39. The van der Waals surface area contributed by atoms with Gasteiger partial charge in [0.2, 0.25) is 5.91 Å². The Balaban J connectivity index is 1.93. The smallest absolute Gasteiger partial charge is 0.225 e. The molecule has 0 aromatic heterocycles. The molecule has 3 unspecified atom stereocenters. The van der Waals surface area contributed by atoms with Crippen molar-refractivity contribution in [3.05, 3.63) is 0 Å². The third-order valence-corrected chi connectivity index (χ3v) is 4.66. The van der Waals surface area contributed by atoms with E-state index in [1.807, 2.05) is 0 Å². The molecule has 1 heterocycles. The van der Waals surface area contributed by atoms with E-state index in [1.165, 1.54) is 19.3 Å². The van der Waals surface area contributed by atoms with E-state index in [0.29, 0.717) is 29.5 Å². The van der Waals surface area contributed by atoms with Gasteiger partial charge in [-0.25, -0.2) is 0 Å². The average Bonchev–Trinajstić information content (AvgIpc) is 2.74. The number of carbonyl (C=O) groups is 1. The molecular formula is C13H22ClNO. The van der Waals surface area contributed by atoms with E-state index in [4.69, 9.17) is 11.6 Å². The molecule has 0 radical (unpaired) electrons. The van der Waals surface area contributed by atoms with E-state index in [2.05, 4.69) is 11.8 Å². The number of piperidine rings is 1. The Morgan fingerprint density at radius 3 is 2.75 bits per heavy atom. The highest BCUT2D eigenvalue weighted by Crippen LogP contribution is 2.33. The molecule has 1 saturated carbocycles. The van der Waals surface area contributed by atoms with Crippen molar-refractivity contribution in [2.45, 2.75) is 39.0 Å². The minimum absolute atomic E-state index is 0.300. The van der Waals surface area contributed by atoms with Gasteiger partial charge in [-0.05, 0) is 37.5 Å². The van der Waals surface area contributed by atoms with Crippen LogP contribution in [0.1, 0.15) is 39.0 Å². The Kier molecular flexibility index (Phi) is 4.12. The minimum Gasteiger partial charge on any atom is -0.342 e. The first-order chi connectivity index (χ1) is 7.72. The third-order valence-electron chi connectivity index (χ3n) is 4.23. The van der Waals surface area contributed by atoms with Gasteiger partial charge in [0.25, 0.3) is 0 Å². The van der Waals surface area contributed by atoms with Gasteiger partial charge >= 0.3 is 0 Å². The van der Waals surface area contributed by atoms with Gasteiger partial charge in [0.15, 0.2) is 0 Å². The Bertz CT molecular complexity index is 256. The Morgan fingerprint density at radius 1 is 1.31 bits per heavy atom. The number of amides is 1. The Morgan fingerprint density at radius 2 is 2.12 bits per heavy atom. The van der Waals surface area contributed by atoms with Gasteiger partial charge in [0.1, 0.15) is 0 Å². The van der Waals surface area contributed by atoms with E-state index in [1.54, 1.807) is 0 Å². The Hall–Kier alpha value is -0.240. The van der Waals surface area contributed by atoms with Crippen molar-refractivity contribution < 1.29 is 4.79 Å². The molecule has 0 aromatic carbocycles. The molecule has 1 aliphatic heterocycles. The molecule has 1 amide bonds. The number of halogens is 1. The second kappa shape index (κ2) is 5.39. The fourth-order valence-electron chi connectivity index (χ4n) is 3.14. The van der Waals surface area contributed by atoms with Gasteiger partial charge in [-0.15, -0.1) is 11.6 Å². The maximum absolute atomic E-state index is 12.4. The molecule has 92 valence electrons. The van der Waals surface area contributed by atoms with Crippen molar-refractivity contribution in [2.24, 2.45) is 17.8 Å². The van der Waals surface area contributed by atoms with Crippen molar-refractivity contribution in [3.63, 3.8) is 0 Å². The molecule has 0 N–H and O–H groups in total. The molecule has 1 aliphatic carbocycles. The lowest BCUT2D eigenvalue weighted by Crippen LogP contribution is -2.44. The molecule has 2 nitrogen and oxygen atoms in total. The fraction of sp³-hybridized carbons (Fsp3) is 0.923. The summed E-state index contributed by atoms with van der Waals surface area (Å²) in [7, 11) is 0. The van der Waals surface area contributed by atoms with Crippen LogP contribution in [0, 0.1) is 17.8 Å². The van der Waals surface area contributed by atoms with E-state index < -0.39 is 0 Å². The zero-order valence-electron chi connectivity index (χ0n) is 10.1. The maximum Gasteiger partial charge on any atom is 0.225 e. The number of hydrogen-bond acceptors (Lipinski definition) is 1. The van der Waals surface area contributed by atoms with Gasteiger partial charge in [0, 0.05) is 24.9 Å². The molecule has 3 atom stereocenters. The van der Waals surface area contributed by atoms with E-state index >= 15 is 0 Å². The number of rotatable bonds is 2. The summed E-state index contributed by atoms with van der Waals surface area (Å²) in [5, 5.41) is 0. The van der Waals surface area contributed by atoms with Crippen LogP contribution in [-0.4, -0.2) is 29.8 Å². The quantitative estimate of drug-likeness (QED) is 0.683. The molecule has 0 spiro atoms. The summed E-state index contributed by atoms with van der Waals surface area (Å²) in [5.41, 5.74) is 0. The first-order valence-corrected chi connectivity index (χ1v) is 7.10. The lowest BCUT2D eigenvalue weighted by molar-refractivity contribution is -0.138. The van der Waals surface area contributed by atoms with Crippen LogP contribution in [-0.2, 0) is 4.79 Å². The molecule has 2 fully saturated rings. The van der Waals surface area contributed by atoms with Crippen molar-refractivity contribution in [1.82, 2.24) is 4.90 Å². The topological polar surface area (TPSA) is 20.3 Å². The summed E-state index contributed by atoms with van der Waals surface area (Å²) < 4.78 is 0. The molecule has 16 heavy (non-hydrogen) atoms. The summed E-state index contributed by atoms with van der Waals surface area (Å²) in [4.78, 5) is 14.4. The summed E-state index contributed by atoms with van der Waals surface area (Å²) >= 11 is 5.90. The first kappa shape index (κ1) is 12.2. The normalized spacial score (nSPS) is 35.4. The zero-order valence-corrected chi connectivity index (χ0v) is 10.9. The highest BCUT2D eigenvalue weighted by atomic mass is 35.5.